The van der Waals surface area contributed by atoms with Crippen molar-refractivity contribution in [3.8, 4) is 0 Å². The Morgan fingerprint density at radius 1 is 1.00 bits per heavy atom. The van der Waals surface area contributed by atoms with E-state index < -0.39 is 0 Å². The van der Waals surface area contributed by atoms with Crippen LogP contribution in [-0.2, 0) is 0 Å². The summed E-state index contributed by atoms with van der Waals surface area (Å²) in [5.41, 5.74) is 9.90. The molecule has 2 N–H and O–H groups in total. The first-order valence-corrected chi connectivity index (χ1v) is 7.72. The number of hydrogen-bond acceptors (Lipinski definition) is 3. The molecule has 2 aromatic rings. The number of thioether (sulfide) groups is 1. The summed E-state index contributed by atoms with van der Waals surface area (Å²) in [4.78, 5) is 4.60. The van der Waals surface area contributed by atoms with Crippen molar-refractivity contribution in [2.75, 3.05) is 0 Å². The third-order valence-corrected chi connectivity index (χ3v) is 4.71. The van der Waals surface area contributed by atoms with E-state index in [0.717, 1.165) is 6.42 Å². The van der Waals surface area contributed by atoms with E-state index in [2.05, 4.69) is 60.4 Å². The van der Waals surface area contributed by atoms with Gasteiger partial charge < -0.3 is 5.73 Å². The standard InChI is InChI=1S/C17H18N2S/c1-12-7-9-14(10-8-12)16-11-15(19-17(18)20-16)13-5-3-2-4-6-13/h2-10,15-16H,11H2,1H3,(H2,18,19)/t15-,16+/m0/s1. The Hall–Kier alpha value is -1.74. The summed E-state index contributed by atoms with van der Waals surface area (Å²) in [5.74, 6) is 0. The number of amidine groups is 1. The quantitative estimate of drug-likeness (QED) is 0.895. The van der Waals surface area contributed by atoms with Crippen molar-refractivity contribution in [1.29, 1.82) is 0 Å². The molecule has 0 saturated heterocycles. The lowest BCUT2D eigenvalue weighted by Gasteiger charge is -2.26. The average molecular weight is 282 g/mol. The summed E-state index contributed by atoms with van der Waals surface area (Å²) in [5, 5.41) is 1.08. The zero-order chi connectivity index (χ0) is 13.9. The van der Waals surface area contributed by atoms with Crippen LogP contribution in [0.15, 0.2) is 59.6 Å². The van der Waals surface area contributed by atoms with Gasteiger partial charge in [0.15, 0.2) is 5.17 Å². The zero-order valence-corrected chi connectivity index (χ0v) is 12.3. The minimum atomic E-state index is 0.170. The molecule has 3 heteroatoms. The smallest absolute Gasteiger partial charge is 0.155 e. The summed E-state index contributed by atoms with van der Waals surface area (Å²) in [7, 11) is 0. The highest BCUT2D eigenvalue weighted by Gasteiger charge is 2.25. The Kier molecular flexibility index (Phi) is 3.79. The fourth-order valence-corrected chi connectivity index (χ4v) is 3.56. The van der Waals surface area contributed by atoms with Gasteiger partial charge in [0.2, 0.25) is 0 Å². The summed E-state index contributed by atoms with van der Waals surface area (Å²) >= 11 is 1.67. The predicted octanol–water partition coefficient (Wildman–Crippen LogP) is 4.23. The number of nitrogens with zero attached hydrogens (tertiary/aromatic N) is 1. The van der Waals surface area contributed by atoms with Gasteiger partial charge in [-0.05, 0) is 24.5 Å². The molecule has 1 heterocycles. The Balaban J connectivity index is 1.86. The molecule has 1 aliphatic heterocycles. The second-order valence-electron chi connectivity index (χ2n) is 5.15. The van der Waals surface area contributed by atoms with Gasteiger partial charge >= 0.3 is 0 Å². The van der Waals surface area contributed by atoms with Crippen molar-refractivity contribution in [2.45, 2.75) is 24.6 Å². The number of aryl methyl sites for hydroxylation is 1. The van der Waals surface area contributed by atoms with Gasteiger partial charge in [-0.1, -0.05) is 71.9 Å². The molecule has 20 heavy (non-hydrogen) atoms. The molecule has 2 atom stereocenters. The minimum Gasteiger partial charge on any atom is -0.379 e. The fraction of sp³-hybridized carbons (Fsp3) is 0.235. The van der Waals surface area contributed by atoms with Crippen LogP contribution in [0, 0.1) is 6.92 Å². The Morgan fingerprint density at radius 3 is 2.40 bits per heavy atom. The van der Waals surface area contributed by atoms with Gasteiger partial charge in [0.25, 0.3) is 0 Å². The maximum absolute atomic E-state index is 6.03. The fourth-order valence-electron chi connectivity index (χ4n) is 2.50. The van der Waals surface area contributed by atoms with E-state index in [1.165, 1.54) is 16.7 Å². The van der Waals surface area contributed by atoms with Gasteiger partial charge in [0.1, 0.15) is 0 Å². The monoisotopic (exact) mass is 282 g/mol. The molecule has 0 saturated carbocycles. The summed E-state index contributed by atoms with van der Waals surface area (Å²) in [6.45, 7) is 2.11. The number of rotatable bonds is 2. The molecule has 2 nitrogen and oxygen atoms in total. The van der Waals surface area contributed by atoms with Crippen LogP contribution in [0.25, 0.3) is 0 Å². The first-order chi connectivity index (χ1) is 9.72. The predicted molar refractivity (Wildman–Crippen MR) is 86.9 cm³/mol. The Bertz CT molecular complexity index is 605. The topological polar surface area (TPSA) is 38.4 Å². The van der Waals surface area contributed by atoms with Crippen molar-refractivity contribution in [3.05, 3.63) is 71.3 Å². The largest absolute Gasteiger partial charge is 0.379 e. The molecule has 0 aliphatic carbocycles. The van der Waals surface area contributed by atoms with E-state index >= 15 is 0 Å². The highest BCUT2D eigenvalue weighted by Crippen LogP contribution is 2.42. The molecule has 102 valence electrons. The van der Waals surface area contributed by atoms with Gasteiger partial charge in [0.05, 0.1) is 6.04 Å². The van der Waals surface area contributed by atoms with Crippen LogP contribution < -0.4 is 5.73 Å². The number of nitrogens with two attached hydrogens (primary N) is 1. The van der Waals surface area contributed by atoms with Crippen LogP contribution in [0.1, 0.15) is 34.4 Å². The van der Waals surface area contributed by atoms with Crippen molar-refractivity contribution in [2.24, 2.45) is 10.7 Å². The normalized spacial score (nSPS) is 22.4. The van der Waals surface area contributed by atoms with E-state index in [1.54, 1.807) is 11.8 Å². The lowest BCUT2D eigenvalue weighted by atomic mass is 9.98. The van der Waals surface area contributed by atoms with E-state index in [4.69, 9.17) is 5.73 Å². The molecular weight excluding hydrogens is 264 g/mol. The lowest BCUT2D eigenvalue weighted by Crippen LogP contribution is -2.18. The third kappa shape index (κ3) is 2.88. The van der Waals surface area contributed by atoms with E-state index in [0.29, 0.717) is 10.4 Å². The maximum atomic E-state index is 6.03. The Labute approximate surface area is 124 Å². The molecular formula is C17H18N2S. The van der Waals surface area contributed by atoms with E-state index in [-0.39, 0.29) is 6.04 Å². The number of aliphatic imine (C=N–C) groups is 1. The molecule has 0 radical (unpaired) electrons. The van der Waals surface area contributed by atoms with Gasteiger partial charge in [-0.2, -0.15) is 0 Å². The van der Waals surface area contributed by atoms with Crippen LogP contribution in [0.4, 0.5) is 0 Å². The Morgan fingerprint density at radius 2 is 1.70 bits per heavy atom. The summed E-state index contributed by atoms with van der Waals surface area (Å²) < 4.78 is 0. The summed E-state index contributed by atoms with van der Waals surface area (Å²) in [6, 6.07) is 19.3. The highest BCUT2D eigenvalue weighted by atomic mass is 32.2. The first kappa shape index (κ1) is 13.3. The SMILES string of the molecule is Cc1ccc([C@H]2C[C@@H](c3ccccc3)N=C(N)S2)cc1. The molecule has 0 fully saturated rings. The molecule has 0 spiro atoms. The maximum Gasteiger partial charge on any atom is 0.155 e. The molecule has 3 rings (SSSR count). The second-order valence-corrected chi connectivity index (χ2v) is 6.37. The average Bonchev–Trinajstić information content (AvgIpc) is 2.48. The van der Waals surface area contributed by atoms with Gasteiger partial charge in [-0.15, -0.1) is 0 Å². The van der Waals surface area contributed by atoms with Crippen LogP contribution in [0.3, 0.4) is 0 Å². The number of benzene rings is 2. The van der Waals surface area contributed by atoms with Crippen LogP contribution in [0.2, 0.25) is 0 Å². The lowest BCUT2D eigenvalue weighted by molar-refractivity contribution is 0.639. The second kappa shape index (κ2) is 5.71. The van der Waals surface area contributed by atoms with Crippen molar-refractivity contribution >= 4 is 16.9 Å². The van der Waals surface area contributed by atoms with Crippen LogP contribution in [-0.4, -0.2) is 5.17 Å². The van der Waals surface area contributed by atoms with Crippen molar-refractivity contribution < 1.29 is 0 Å². The van der Waals surface area contributed by atoms with Crippen LogP contribution in [0.5, 0.6) is 0 Å². The molecule has 0 aromatic heterocycles. The van der Waals surface area contributed by atoms with E-state index in [9.17, 15) is 0 Å². The van der Waals surface area contributed by atoms with Gasteiger partial charge in [-0.25, -0.2) is 0 Å². The molecule has 1 aliphatic rings. The molecule has 0 amide bonds. The van der Waals surface area contributed by atoms with E-state index in [1.807, 2.05) is 6.07 Å². The van der Waals surface area contributed by atoms with Gasteiger partial charge in [-0.3, -0.25) is 4.99 Å². The molecule has 0 bridgehead atoms. The first-order valence-electron chi connectivity index (χ1n) is 6.84. The molecule has 2 aromatic carbocycles. The zero-order valence-electron chi connectivity index (χ0n) is 11.5. The molecule has 0 unspecified atom stereocenters. The highest BCUT2D eigenvalue weighted by molar-refractivity contribution is 8.14. The third-order valence-electron chi connectivity index (χ3n) is 3.62. The summed E-state index contributed by atoms with van der Waals surface area (Å²) in [6.07, 6.45) is 0.998. The minimum absolute atomic E-state index is 0.170. The number of hydrogen-bond donors (Lipinski definition) is 1. The van der Waals surface area contributed by atoms with Crippen molar-refractivity contribution in [3.63, 3.8) is 0 Å². The van der Waals surface area contributed by atoms with Crippen LogP contribution >= 0.6 is 11.8 Å². The van der Waals surface area contributed by atoms with Gasteiger partial charge in [0, 0.05) is 5.25 Å². The van der Waals surface area contributed by atoms with Crippen molar-refractivity contribution in [1.82, 2.24) is 0 Å².